The van der Waals surface area contributed by atoms with Crippen LogP contribution in [-0.2, 0) is 10.0 Å². The maximum absolute atomic E-state index is 12.3. The highest BCUT2D eigenvalue weighted by atomic mass is 35.5. The second-order valence-electron chi connectivity index (χ2n) is 4.86. The van der Waals surface area contributed by atoms with Crippen molar-refractivity contribution in [2.24, 2.45) is 0 Å². The number of nitrogens with one attached hydrogen (secondary N) is 1. The standard InChI is InChI=1S/C13H14ClN3O4S/c1-8(2)17-7-10(6-15-17)22(20,21)16-9-3-4-12(14)11(5-9)13(18)19/h3-8,16H,1-2H3,(H,18,19). The zero-order valence-corrected chi connectivity index (χ0v) is 13.4. The molecule has 0 atom stereocenters. The lowest BCUT2D eigenvalue weighted by Crippen LogP contribution is -2.13. The lowest BCUT2D eigenvalue weighted by Gasteiger charge is -2.08. The molecular weight excluding hydrogens is 330 g/mol. The fourth-order valence-electron chi connectivity index (χ4n) is 1.71. The van der Waals surface area contributed by atoms with Gasteiger partial charge in [-0.1, -0.05) is 11.6 Å². The van der Waals surface area contributed by atoms with Crippen molar-refractivity contribution in [3.8, 4) is 0 Å². The third-order valence-electron chi connectivity index (χ3n) is 2.87. The normalized spacial score (nSPS) is 11.6. The van der Waals surface area contributed by atoms with Gasteiger partial charge in [-0.05, 0) is 32.0 Å². The Labute approximate surface area is 132 Å². The first-order valence-electron chi connectivity index (χ1n) is 6.30. The summed E-state index contributed by atoms with van der Waals surface area (Å²) in [4.78, 5) is 11.0. The highest BCUT2D eigenvalue weighted by Gasteiger charge is 2.19. The van der Waals surface area contributed by atoms with Gasteiger partial charge in [0.1, 0.15) is 4.90 Å². The van der Waals surface area contributed by atoms with Crippen molar-refractivity contribution in [1.82, 2.24) is 9.78 Å². The number of anilines is 1. The van der Waals surface area contributed by atoms with E-state index in [-0.39, 0.29) is 27.2 Å². The van der Waals surface area contributed by atoms with Gasteiger partial charge in [-0.2, -0.15) is 5.10 Å². The smallest absolute Gasteiger partial charge is 0.337 e. The molecule has 0 aliphatic carbocycles. The number of rotatable bonds is 5. The summed E-state index contributed by atoms with van der Waals surface area (Å²) >= 11 is 5.75. The molecule has 0 aliphatic rings. The number of carboxylic acid groups (broad SMARTS) is 1. The third-order valence-corrected chi connectivity index (χ3v) is 4.53. The Bertz CT molecular complexity index is 814. The van der Waals surface area contributed by atoms with Crippen molar-refractivity contribution >= 4 is 33.3 Å². The summed E-state index contributed by atoms with van der Waals surface area (Å²) in [5.41, 5.74) is -0.0705. The Morgan fingerprint density at radius 3 is 2.64 bits per heavy atom. The van der Waals surface area contributed by atoms with Crippen LogP contribution in [0.3, 0.4) is 0 Å². The molecule has 9 heteroatoms. The molecule has 0 amide bonds. The Morgan fingerprint density at radius 2 is 2.09 bits per heavy atom. The highest BCUT2D eigenvalue weighted by Crippen LogP contribution is 2.23. The van der Waals surface area contributed by atoms with Crippen molar-refractivity contribution in [3.05, 3.63) is 41.2 Å². The molecule has 1 aromatic heterocycles. The van der Waals surface area contributed by atoms with E-state index >= 15 is 0 Å². The molecule has 0 spiro atoms. The molecule has 0 aliphatic heterocycles. The molecule has 7 nitrogen and oxygen atoms in total. The molecule has 1 heterocycles. The number of benzene rings is 1. The minimum atomic E-state index is -3.85. The van der Waals surface area contributed by atoms with E-state index in [1.165, 1.54) is 29.2 Å². The van der Waals surface area contributed by atoms with E-state index in [0.29, 0.717) is 0 Å². The first kappa shape index (κ1) is 16.3. The van der Waals surface area contributed by atoms with Crippen molar-refractivity contribution in [2.45, 2.75) is 24.8 Å². The number of nitrogens with zero attached hydrogens (tertiary/aromatic N) is 2. The molecule has 2 aromatic rings. The molecule has 0 bridgehead atoms. The Kier molecular flexibility index (Phi) is 4.43. The van der Waals surface area contributed by atoms with Gasteiger partial charge in [0.2, 0.25) is 0 Å². The SMILES string of the molecule is CC(C)n1cc(S(=O)(=O)Nc2ccc(Cl)c(C(=O)O)c2)cn1. The highest BCUT2D eigenvalue weighted by molar-refractivity contribution is 7.92. The summed E-state index contributed by atoms with van der Waals surface area (Å²) in [5, 5.41) is 13.0. The maximum Gasteiger partial charge on any atom is 0.337 e. The predicted octanol–water partition coefficient (Wildman–Crippen LogP) is 2.62. The number of hydrogen-bond acceptors (Lipinski definition) is 4. The zero-order valence-electron chi connectivity index (χ0n) is 11.8. The van der Waals surface area contributed by atoms with Crippen LogP contribution in [0.2, 0.25) is 5.02 Å². The lowest BCUT2D eigenvalue weighted by atomic mass is 10.2. The van der Waals surface area contributed by atoms with Crippen LogP contribution in [0.1, 0.15) is 30.2 Å². The minimum Gasteiger partial charge on any atom is -0.478 e. The van der Waals surface area contributed by atoms with Crippen molar-refractivity contribution < 1.29 is 18.3 Å². The van der Waals surface area contributed by atoms with Gasteiger partial charge < -0.3 is 5.11 Å². The number of carbonyl (C=O) groups is 1. The van der Waals surface area contributed by atoms with E-state index in [9.17, 15) is 13.2 Å². The second kappa shape index (κ2) is 5.98. The maximum atomic E-state index is 12.3. The van der Waals surface area contributed by atoms with Gasteiger partial charge in [0.05, 0.1) is 16.8 Å². The number of halogens is 1. The summed E-state index contributed by atoms with van der Waals surface area (Å²) in [6.45, 7) is 3.74. The van der Waals surface area contributed by atoms with Crippen LogP contribution in [0.5, 0.6) is 0 Å². The Hall–Kier alpha value is -2.06. The molecular formula is C13H14ClN3O4S. The Morgan fingerprint density at radius 1 is 1.41 bits per heavy atom. The summed E-state index contributed by atoms with van der Waals surface area (Å²) < 4.78 is 28.3. The van der Waals surface area contributed by atoms with Gasteiger partial charge in [-0.3, -0.25) is 9.40 Å². The van der Waals surface area contributed by atoms with Gasteiger partial charge >= 0.3 is 5.97 Å². The first-order chi connectivity index (χ1) is 10.2. The van der Waals surface area contributed by atoms with Crippen LogP contribution >= 0.6 is 11.6 Å². The first-order valence-corrected chi connectivity index (χ1v) is 8.16. The molecule has 22 heavy (non-hydrogen) atoms. The van der Waals surface area contributed by atoms with Crippen molar-refractivity contribution in [2.75, 3.05) is 4.72 Å². The largest absolute Gasteiger partial charge is 0.478 e. The van der Waals surface area contributed by atoms with E-state index < -0.39 is 16.0 Å². The van der Waals surface area contributed by atoms with Crippen LogP contribution in [0.25, 0.3) is 0 Å². The molecule has 0 fully saturated rings. The van der Waals surface area contributed by atoms with Gasteiger partial charge in [0, 0.05) is 17.9 Å². The summed E-state index contributed by atoms with van der Waals surface area (Å²) in [6.07, 6.45) is 2.64. The molecule has 0 radical (unpaired) electrons. The molecule has 0 saturated carbocycles. The number of carboxylic acids is 1. The predicted molar refractivity (Wildman–Crippen MR) is 81.8 cm³/mol. The third kappa shape index (κ3) is 3.40. The van der Waals surface area contributed by atoms with E-state index in [1.807, 2.05) is 13.8 Å². The topological polar surface area (TPSA) is 101 Å². The van der Waals surface area contributed by atoms with E-state index in [4.69, 9.17) is 16.7 Å². The molecule has 2 rings (SSSR count). The summed E-state index contributed by atoms with van der Waals surface area (Å²) in [5.74, 6) is -1.24. The molecule has 2 N–H and O–H groups in total. The average Bonchev–Trinajstić information content (AvgIpc) is 2.91. The molecule has 0 saturated heterocycles. The minimum absolute atomic E-state index is 0.00646. The van der Waals surface area contributed by atoms with Crippen LogP contribution in [0.4, 0.5) is 5.69 Å². The Balaban J connectivity index is 2.32. The number of hydrogen-bond donors (Lipinski definition) is 2. The fraction of sp³-hybridized carbons (Fsp3) is 0.231. The lowest BCUT2D eigenvalue weighted by molar-refractivity contribution is 0.0697. The van der Waals surface area contributed by atoms with Gasteiger partial charge in [-0.25, -0.2) is 13.2 Å². The van der Waals surface area contributed by atoms with Crippen LogP contribution in [0, 0.1) is 0 Å². The van der Waals surface area contributed by atoms with Gasteiger partial charge in [0.15, 0.2) is 0 Å². The summed E-state index contributed by atoms with van der Waals surface area (Å²) in [7, 11) is -3.85. The number of aromatic carboxylic acids is 1. The van der Waals surface area contributed by atoms with Crippen LogP contribution < -0.4 is 4.72 Å². The second-order valence-corrected chi connectivity index (χ2v) is 6.94. The van der Waals surface area contributed by atoms with Crippen LogP contribution in [-0.4, -0.2) is 29.3 Å². The van der Waals surface area contributed by atoms with Crippen molar-refractivity contribution in [1.29, 1.82) is 0 Å². The van der Waals surface area contributed by atoms with Crippen LogP contribution in [0.15, 0.2) is 35.5 Å². The van der Waals surface area contributed by atoms with Gasteiger partial charge in [0.25, 0.3) is 10.0 Å². The molecule has 118 valence electrons. The molecule has 0 unspecified atom stereocenters. The van der Waals surface area contributed by atoms with E-state index in [0.717, 1.165) is 6.07 Å². The van der Waals surface area contributed by atoms with E-state index in [2.05, 4.69) is 9.82 Å². The number of sulfonamides is 1. The average molecular weight is 344 g/mol. The van der Waals surface area contributed by atoms with Gasteiger partial charge in [-0.15, -0.1) is 0 Å². The monoisotopic (exact) mass is 343 g/mol. The molecule has 1 aromatic carbocycles. The number of aromatic nitrogens is 2. The quantitative estimate of drug-likeness (QED) is 0.868. The fourth-order valence-corrected chi connectivity index (χ4v) is 2.89. The van der Waals surface area contributed by atoms with E-state index in [1.54, 1.807) is 0 Å². The van der Waals surface area contributed by atoms with Crippen molar-refractivity contribution in [3.63, 3.8) is 0 Å². The zero-order chi connectivity index (χ0) is 16.5. The summed E-state index contributed by atoms with van der Waals surface area (Å²) in [6, 6.07) is 3.90.